The molecule has 0 aliphatic carbocycles. The van der Waals surface area contributed by atoms with Gasteiger partial charge in [-0.2, -0.15) is 0 Å². The SMILES string of the molecule is O=C1NCCN(Cc2ncccn2)C1c1ccccc1Br. The van der Waals surface area contributed by atoms with Gasteiger partial charge in [0.1, 0.15) is 11.9 Å². The molecule has 1 N–H and O–H groups in total. The number of rotatable bonds is 3. The Morgan fingerprint density at radius 1 is 1.24 bits per heavy atom. The molecule has 5 nitrogen and oxygen atoms in total. The highest BCUT2D eigenvalue weighted by atomic mass is 79.9. The summed E-state index contributed by atoms with van der Waals surface area (Å²) in [5.74, 6) is 0.744. The van der Waals surface area contributed by atoms with Gasteiger partial charge in [-0.25, -0.2) is 9.97 Å². The predicted octanol–water partition coefficient (Wildman–Crippen LogP) is 1.91. The molecule has 108 valence electrons. The van der Waals surface area contributed by atoms with Crippen molar-refractivity contribution in [2.24, 2.45) is 0 Å². The van der Waals surface area contributed by atoms with Gasteiger partial charge in [0.25, 0.3) is 0 Å². The fourth-order valence-electron chi connectivity index (χ4n) is 2.51. The van der Waals surface area contributed by atoms with Crippen LogP contribution in [0.1, 0.15) is 17.4 Å². The van der Waals surface area contributed by atoms with Gasteiger partial charge in [-0.15, -0.1) is 0 Å². The van der Waals surface area contributed by atoms with E-state index in [4.69, 9.17) is 0 Å². The molecule has 1 aliphatic heterocycles. The second-order valence-electron chi connectivity index (χ2n) is 4.85. The number of amides is 1. The molecule has 1 aliphatic rings. The number of benzene rings is 1. The Morgan fingerprint density at radius 3 is 2.76 bits per heavy atom. The third-order valence-electron chi connectivity index (χ3n) is 3.48. The van der Waals surface area contributed by atoms with Gasteiger partial charge in [0, 0.05) is 30.0 Å². The van der Waals surface area contributed by atoms with Crippen molar-refractivity contribution in [2.45, 2.75) is 12.6 Å². The summed E-state index contributed by atoms with van der Waals surface area (Å²) in [5, 5.41) is 2.93. The Morgan fingerprint density at radius 2 is 2.00 bits per heavy atom. The maximum Gasteiger partial charge on any atom is 0.242 e. The first-order valence-corrected chi connectivity index (χ1v) is 7.57. The van der Waals surface area contributed by atoms with Crippen LogP contribution in [0.3, 0.4) is 0 Å². The lowest BCUT2D eigenvalue weighted by Gasteiger charge is -2.35. The third-order valence-corrected chi connectivity index (χ3v) is 4.20. The highest BCUT2D eigenvalue weighted by Gasteiger charge is 2.32. The minimum atomic E-state index is -0.321. The van der Waals surface area contributed by atoms with Gasteiger partial charge in [0.05, 0.1) is 6.54 Å². The average molecular weight is 347 g/mol. The summed E-state index contributed by atoms with van der Waals surface area (Å²) in [7, 11) is 0. The van der Waals surface area contributed by atoms with E-state index in [1.54, 1.807) is 18.5 Å². The lowest BCUT2D eigenvalue weighted by Crippen LogP contribution is -2.49. The molecule has 1 aromatic heterocycles. The minimum absolute atomic E-state index is 0.0177. The fraction of sp³-hybridized carbons (Fsp3) is 0.267. The van der Waals surface area contributed by atoms with Crippen LogP contribution in [-0.2, 0) is 11.3 Å². The quantitative estimate of drug-likeness (QED) is 0.922. The van der Waals surface area contributed by atoms with E-state index in [0.717, 1.165) is 22.4 Å². The molecule has 0 bridgehead atoms. The van der Waals surface area contributed by atoms with Crippen molar-refractivity contribution in [1.29, 1.82) is 0 Å². The number of nitrogens with one attached hydrogen (secondary N) is 1. The van der Waals surface area contributed by atoms with E-state index in [0.29, 0.717) is 13.1 Å². The third kappa shape index (κ3) is 3.11. The van der Waals surface area contributed by atoms with E-state index in [2.05, 4.69) is 36.1 Å². The average Bonchev–Trinajstić information content (AvgIpc) is 2.50. The number of nitrogens with zero attached hydrogens (tertiary/aromatic N) is 3. The van der Waals surface area contributed by atoms with Crippen LogP contribution < -0.4 is 5.32 Å². The van der Waals surface area contributed by atoms with Crippen LogP contribution in [0.2, 0.25) is 0 Å². The second kappa shape index (κ2) is 6.32. The Labute approximate surface area is 131 Å². The number of halogens is 1. The van der Waals surface area contributed by atoms with Gasteiger partial charge >= 0.3 is 0 Å². The van der Waals surface area contributed by atoms with E-state index in [9.17, 15) is 4.79 Å². The molecule has 21 heavy (non-hydrogen) atoms. The topological polar surface area (TPSA) is 58.1 Å². The first-order chi connectivity index (χ1) is 10.3. The minimum Gasteiger partial charge on any atom is -0.353 e. The number of hydrogen-bond acceptors (Lipinski definition) is 4. The van der Waals surface area contributed by atoms with E-state index < -0.39 is 0 Å². The fourth-order valence-corrected chi connectivity index (χ4v) is 3.01. The van der Waals surface area contributed by atoms with Crippen LogP contribution >= 0.6 is 15.9 Å². The molecule has 6 heteroatoms. The maximum atomic E-state index is 12.3. The zero-order chi connectivity index (χ0) is 14.7. The molecule has 0 radical (unpaired) electrons. The van der Waals surface area contributed by atoms with Crippen LogP contribution in [0, 0.1) is 0 Å². The highest BCUT2D eigenvalue weighted by Crippen LogP contribution is 2.30. The van der Waals surface area contributed by atoms with Crippen LogP contribution in [0.4, 0.5) is 0 Å². The van der Waals surface area contributed by atoms with Crippen molar-refractivity contribution in [3.63, 3.8) is 0 Å². The summed E-state index contributed by atoms with van der Waals surface area (Å²) in [4.78, 5) is 22.9. The Balaban J connectivity index is 1.90. The van der Waals surface area contributed by atoms with Gasteiger partial charge in [-0.05, 0) is 17.7 Å². The lowest BCUT2D eigenvalue weighted by molar-refractivity contribution is -0.129. The van der Waals surface area contributed by atoms with Crippen molar-refractivity contribution in [1.82, 2.24) is 20.2 Å². The summed E-state index contributed by atoms with van der Waals surface area (Å²) in [6.07, 6.45) is 3.44. The Hall–Kier alpha value is -1.79. The van der Waals surface area contributed by atoms with Gasteiger partial charge in [0.2, 0.25) is 5.91 Å². The molecule has 1 fully saturated rings. The standard InChI is InChI=1S/C15H15BrN4O/c16-12-5-2-1-4-11(12)14-15(21)19-8-9-20(14)10-13-17-6-3-7-18-13/h1-7,14H,8-10H2,(H,19,21). The first-order valence-electron chi connectivity index (χ1n) is 6.78. The van der Waals surface area contributed by atoms with Crippen molar-refractivity contribution in [2.75, 3.05) is 13.1 Å². The Bertz CT molecular complexity index is 635. The molecule has 1 unspecified atom stereocenters. The summed E-state index contributed by atoms with van der Waals surface area (Å²) in [6.45, 7) is 1.98. The predicted molar refractivity (Wildman–Crippen MR) is 82.3 cm³/mol. The number of carbonyl (C=O) groups is 1. The van der Waals surface area contributed by atoms with Crippen molar-refractivity contribution in [3.05, 3.63) is 58.6 Å². The normalized spacial score (nSPS) is 19.3. The summed E-state index contributed by atoms with van der Waals surface area (Å²) in [6, 6.07) is 9.28. The number of carbonyl (C=O) groups excluding carboxylic acids is 1. The summed E-state index contributed by atoms with van der Waals surface area (Å²) < 4.78 is 0.936. The molecule has 1 aromatic carbocycles. The number of hydrogen-bond donors (Lipinski definition) is 1. The van der Waals surface area contributed by atoms with E-state index >= 15 is 0 Å². The molecule has 2 aromatic rings. The van der Waals surface area contributed by atoms with Crippen LogP contribution in [-0.4, -0.2) is 33.9 Å². The zero-order valence-electron chi connectivity index (χ0n) is 11.4. The molecule has 0 saturated carbocycles. The Kier molecular flexibility index (Phi) is 4.26. The van der Waals surface area contributed by atoms with Crippen LogP contribution in [0.5, 0.6) is 0 Å². The van der Waals surface area contributed by atoms with Crippen molar-refractivity contribution < 1.29 is 4.79 Å². The largest absolute Gasteiger partial charge is 0.353 e. The first kappa shape index (κ1) is 14.2. The van der Waals surface area contributed by atoms with E-state index in [1.807, 2.05) is 24.3 Å². The molecular weight excluding hydrogens is 332 g/mol. The van der Waals surface area contributed by atoms with Crippen LogP contribution in [0.15, 0.2) is 47.2 Å². The molecule has 1 amide bonds. The molecule has 1 atom stereocenters. The zero-order valence-corrected chi connectivity index (χ0v) is 13.0. The highest BCUT2D eigenvalue weighted by molar-refractivity contribution is 9.10. The molecule has 3 rings (SSSR count). The van der Waals surface area contributed by atoms with Crippen molar-refractivity contribution in [3.8, 4) is 0 Å². The van der Waals surface area contributed by atoms with Crippen LogP contribution in [0.25, 0.3) is 0 Å². The number of piperazine rings is 1. The smallest absolute Gasteiger partial charge is 0.242 e. The summed E-state index contributed by atoms with van der Waals surface area (Å²) in [5.41, 5.74) is 0.964. The summed E-state index contributed by atoms with van der Waals surface area (Å²) >= 11 is 3.53. The van der Waals surface area contributed by atoms with Gasteiger partial charge in [-0.1, -0.05) is 34.1 Å². The van der Waals surface area contributed by atoms with E-state index in [1.165, 1.54) is 0 Å². The maximum absolute atomic E-state index is 12.3. The van der Waals surface area contributed by atoms with Crippen molar-refractivity contribution >= 4 is 21.8 Å². The van der Waals surface area contributed by atoms with Gasteiger partial charge < -0.3 is 5.32 Å². The van der Waals surface area contributed by atoms with E-state index in [-0.39, 0.29) is 11.9 Å². The molecule has 1 saturated heterocycles. The molecule has 0 spiro atoms. The van der Waals surface area contributed by atoms with Gasteiger partial charge in [0.15, 0.2) is 0 Å². The molecule has 2 heterocycles. The monoisotopic (exact) mass is 346 g/mol. The number of aromatic nitrogens is 2. The van der Waals surface area contributed by atoms with Gasteiger partial charge in [-0.3, -0.25) is 9.69 Å². The lowest BCUT2D eigenvalue weighted by atomic mass is 10.0. The molecular formula is C15H15BrN4O. The second-order valence-corrected chi connectivity index (χ2v) is 5.70.